The van der Waals surface area contributed by atoms with Crippen LogP contribution in [0.15, 0.2) is 29.5 Å². The van der Waals surface area contributed by atoms with Gasteiger partial charge in [0.2, 0.25) is 0 Å². The van der Waals surface area contributed by atoms with Gasteiger partial charge in [0.15, 0.2) is 18.5 Å². The van der Waals surface area contributed by atoms with Gasteiger partial charge in [-0.15, -0.1) is 0 Å². The lowest BCUT2D eigenvalue weighted by Crippen LogP contribution is -2.46. The van der Waals surface area contributed by atoms with E-state index in [1.807, 2.05) is 12.1 Å². The SMILES string of the molecule is O=C([C@@H]1N=CO[C@H]1c1cccnc1)N1CCOCC1. The molecular weight excluding hydrogens is 246 g/mol. The smallest absolute Gasteiger partial charge is 0.251 e. The number of pyridine rings is 1. The van der Waals surface area contributed by atoms with Gasteiger partial charge in [-0.2, -0.15) is 0 Å². The molecule has 3 rings (SSSR count). The molecule has 2 aliphatic heterocycles. The van der Waals surface area contributed by atoms with Gasteiger partial charge in [-0.3, -0.25) is 9.78 Å². The highest BCUT2D eigenvalue weighted by molar-refractivity contribution is 5.85. The highest BCUT2D eigenvalue weighted by Crippen LogP contribution is 2.27. The fourth-order valence-corrected chi connectivity index (χ4v) is 2.29. The van der Waals surface area contributed by atoms with Crippen LogP contribution in [0.5, 0.6) is 0 Å². The van der Waals surface area contributed by atoms with E-state index in [1.165, 1.54) is 6.40 Å². The Kier molecular flexibility index (Phi) is 3.41. The third-order valence-corrected chi connectivity index (χ3v) is 3.30. The quantitative estimate of drug-likeness (QED) is 0.773. The lowest BCUT2D eigenvalue weighted by molar-refractivity contribution is -0.138. The fourth-order valence-electron chi connectivity index (χ4n) is 2.29. The highest BCUT2D eigenvalue weighted by atomic mass is 16.5. The molecule has 0 spiro atoms. The molecule has 19 heavy (non-hydrogen) atoms. The zero-order valence-corrected chi connectivity index (χ0v) is 10.4. The number of rotatable bonds is 2. The minimum atomic E-state index is -0.512. The number of carbonyl (C=O) groups is 1. The van der Waals surface area contributed by atoms with Gasteiger partial charge in [-0.1, -0.05) is 6.07 Å². The second-order valence-corrected chi connectivity index (χ2v) is 4.48. The Labute approximate surface area is 111 Å². The Morgan fingerprint density at radius 2 is 2.21 bits per heavy atom. The second kappa shape index (κ2) is 5.36. The Morgan fingerprint density at radius 3 is 2.95 bits per heavy atom. The van der Waals surface area contributed by atoms with Crippen LogP contribution < -0.4 is 0 Å². The van der Waals surface area contributed by atoms with Crippen molar-refractivity contribution in [2.75, 3.05) is 26.3 Å². The predicted octanol–water partition coefficient (Wildman–Crippen LogP) is 0.409. The first-order valence-corrected chi connectivity index (χ1v) is 6.30. The van der Waals surface area contributed by atoms with Gasteiger partial charge in [0.1, 0.15) is 0 Å². The number of aliphatic imine (C=N–C) groups is 1. The van der Waals surface area contributed by atoms with Crippen LogP contribution in [0.25, 0.3) is 0 Å². The fraction of sp³-hybridized carbons (Fsp3) is 0.462. The van der Waals surface area contributed by atoms with Crippen molar-refractivity contribution in [2.45, 2.75) is 12.1 Å². The number of carbonyl (C=O) groups excluding carboxylic acids is 1. The Bertz CT molecular complexity index is 471. The lowest BCUT2D eigenvalue weighted by atomic mass is 10.0. The largest absolute Gasteiger partial charge is 0.473 e. The number of aromatic nitrogens is 1. The molecule has 0 unspecified atom stereocenters. The van der Waals surface area contributed by atoms with Crippen LogP contribution in [0.1, 0.15) is 11.7 Å². The summed E-state index contributed by atoms with van der Waals surface area (Å²) in [4.78, 5) is 22.4. The van der Waals surface area contributed by atoms with Crippen molar-refractivity contribution in [1.82, 2.24) is 9.88 Å². The maximum absolute atomic E-state index is 12.4. The summed E-state index contributed by atoms with van der Waals surface area (Å²) < 4.78 is 10.7. The molecule has 0 radical (unpaired) electrons. The molecule has 1 amide bonds. The molecule has 1 saturated heterocycles. The van der Waals surface area contributed by atoms with E-state index in [4.69, 9.17) is 9.47 Å². The minimum Gasteiger partial charge on any atom is -0.473 e. The van der Waals surface area contributed by atoms with Crippen LogP contribution in [-0.4, -0.2) is 54.5 Å². The maximum atomic E-state index is 12.4. The molecule has 0 saturated carbocycles. The van der Waals surface area contributed by atoms with Crippen molar-refractivity contribution in [3.63, 3.8) is 0 Å². The standard InChI is InChI=1S/C13H15N3O3/c17-13(16-4-6-18-7-5-16)11-12(19-9-15-11)10-2-1-3-14-8-10/h1-3,8-9,11-12H,4-7H2/t11-,12+/m1/s1. The van der Waals surface area contributed by atoms with Crippen LogP contribution in [-0.2, 0) is 14.3 Å². The topological polar surface area (TPSA) is 64.0 Å². The van der Waals surface area contributed by atoms with Crippen molar-refractivity contribution >= 4 is 12.3 Å². The Morgan fingerprint density at radius 1 is 1.37 bits per heavy atom. The molecule has 0 N–H and O–H groups in total. The first kappa shape index (κ1) is 12.1. The van der Waals surface area contributed by atoms with Gasteiger partial charge in [-0.25, -0.2) is 4.99 Å². The first-order valence-electron chi connectivity index (χ1n) is 6.30. The zero-order valence-electron chi connectivity index (χ0n) is 10.4. The summed E-state index contributed by atoms with van der Waals surface area (Å²) in [6.45, 7) is 2.40. The van der Waals surface area contributed by atoms with Crippen molar-refractivity contribution < 1.29 is 14.3 Å². The summed E-state index contributed by atoms with van der Waals surface area (Å²) in [5.74, 6) is -0.00842. The van der Waals surface area contributed by atoms with Gasteiger partial charge in [0, 0.05) is 31.0 Å². The van der Waals surface area contributed by atoms with Crippen molar-refractivity contribution in [3.05, 3.63) is 30.1 Å². The highest BCUT2D eigenvalue weighted by Gasteiger charge is 2.37. The molecule has 100 valence electrons. The van der Waals surface area contributed by atoms with E-state index < -0.39 is 6.04 Å². The molecule has 0 bridgehead atoms. The third-order valence-electron chi connectivity index (χ3n) is 3.30. The summed E-state index contributed by atoms with van der Waals surface area (Å²) in [5.41, 5.74) is 0.867. The van der Waals surface area contributed by atoms with Gasteiger partial charge in [0.05, 0.1) is 13.2 Å². The van der Waals surface area contributed by atoms with E-state index in [2.05, 4.69) is 9.98 Å². The molecule has 0 aliphatic carbocycles. The molecular formula is C13H15N3O3. The van der Waals surface area contributed by atoms with E-state index in [0.29, 0.717) is 26.3 Å². The number of nitrogens with zero attached hydrogens (tertiary/aromatic N) is 3. The van der Waals surface area contributed by atoms with Crippen LogP contribution in [0.4, 0.5) is 0 Å². The predicted molar refractivity (Wildman–Crippen MR) is 67.7 cm³/mol. The number of amides is 1. The molecule has 2 aliphatic rings. The van der Waals surface area contributed by atoms with Crippen LogP contribution >= 0.6 is 0 Å². The summed E-state index contributed by atoms with van der Waals surface area (Å²) in [5, 5.41) is 0. The monoisotopic (exact) mass is 261 g/mol. The third kappa shape index (κ3) is 2.44. The van der Waals surface area contributed by atoms with Crippen molar-refractivity contribution in [2.24, 2.45) is 4.99 Å². The van der Waals surface area contributed by atoms with Gasteiger partial charge in [-0.05, 0) is 6.07 Å². The molecule has 2 atom stereocenters. The van der Waals surface area contributed by atoms with Crippen LogP contribution in [0, 0.1) is 0 Å². The van der Waals surface area contributed by atoms with Gasteiger partial charge >= 0.3 is 0 Å². The number of hydrogen-bond donors (Lipinski definition) is 0. The second-order valence-electron chi connectivity index (χ2n) is 4.48. The summed E-state index contributed by atoms with van der Waals surface area (Å²) in [6.07, 6.45) is 4.39. The number of morpholine rings is 1. The molecule has 0 aromatic carbocycles. The average Bonchev–Trinajstić information content (AvgIpc) is 2.98. The molecule has 1 aromatic rings. The Balaban J connectivity index is 1.75. The number of ether oxygens (including phenoxy) is 2. The lowest BCUT2D eigenvalue weighted by Gasteiger charge is -2.29. The van der Waals surface area contributed by atoms with Gasteiger partial charge in [0.25, 0.3) is 5.91 Å². The minimum absolute atomic E-state index is 0.00842. The summed E-state index contributed by atoms with van der Waals surface area (Å²) in [6, 6.07) is 3.21. The molecule has 1 fully saturated rings. The normalized spacial score (nSPS) is 26.2. The van der Waals surface area contributed by atoms with Crippen LogP contribution in [0.3, 0.4) is 0 Å². The van der Waals surface area contributed by atoms with Gasteiger partial charge < -0.3 is 14.4 Å². The Hall–Kier alpha value is -1.95. The van der Waals surface area contributed by atoms with E-state index in [1.54, 1.807) is 17.3 Å². The average molecular weight is 261 g/mol. The van der Waals surface area contributed by atoms with E-state index >= 15 is 0 Å². The maximum Gasteiger partial charge on any atom is 0.251 e. The molecule has 1 aromatic heterocycles. The zero-order chi connectivity index (χ0) is 13.1. The summed E-state index contributed by atoms with van der Waals surface area (Å²) >= 11 is 0. The van der Waals surface area contributed by atoms with Crippen molar-refractivity contribution in [3.8, 4) is 0 Å². The van der Waals surface area contributed by atoms with Crippen LogP contribution in [0.2, 0.25) is 0 Å². The molecule has 6 heteroatoms. The molecule has 6 nitrogen and oxygen atoms in total. The van der Waals surface area contributed by atoms with E-state index in [-0.39, 0.29) is 12.0 Å². The number of hydrogen-bond acceptors (Lipinski definition) is 5. The van der Waals surface area contributed by atoms with Crippen molar-refractivity contribution in [1.29, 1.82) is 0 Å². The summed E-state index contributed by atoms with van der Waals surface area (Å²) in [7, 11) is 0. The van der Waals surface area contributed by atoms with E-state index in [9.17, 15) is 4.79 Å². The van der Waals surface area contributed by atoms with E-state index in [0.717, 1.165) is 5.56 Å². The first-order chi connectivity index (χ1) is 9.36. The molecule has 3 heterocycles.